The number of nitrogens with one attached hydrogen (secondary N) is 2. The second-order valence-electron chi connectivity index (χ2n) is 6.59. The van der Waals surface area contributed by atoms with Crippen molar-refractivity contribution in [2.75, 3.05) is 29.4 Å². The van der Waals surface area contributed by atoms with Crippen molar-refractivity contribution in [2.45, 2.75) is 31.7 Å². The largest absolute Gasteiger partial charge is 0.324 e. The summed E-state index contributed by atoms with van der Waals surface area (Å²) < 4.78 is 38.4. The number of carbonyl (C=O) groups excluding carboxylic acids is 1. The monoisotopic (exact) mass is 355 g/mol. The molecule has 6 nitrogen and oxygen atoms in total. The van der Waals surface area contributed by atoms with E-state index in [1.165, 1.54) is 25.0 Å². The van der Waals surface area contributed by atoms with Crippen molar-refractivity contribution < 1.29 is 17.6 Å². The van der Waals surface area contributed by atoms with E-state index in [9.17, 15) is 17.6 Å². The molecule has 1 amide bonds. The van der Waals surface area contributed by atoms with Crippen molar-refractivity contribution in [2.24, 2.45) is 5.92 Å². The molecular formula is C16H22FN3O3S. The number of nitrogens with zero attached hydrogens (tertiary/aromatic N) is 1. The molecule has 2 fully saturated rings. The average Bonchev–Trinajstić information content (AvgIpc) is 3.33. The molecular weight excluding hydrogens is 333 g/mol. The van der Waals surface area contributed by atoms with Crippen LogP contribution in [0.5, 0.6) is 0 Å². The lowest BCUT2D eigenvalue weighted by atomic mass is 9.95. The van der Waals surface area contributed by atoms with Crippen molar-refractivity contribution in [3.05, 3.63) is 24.0 Å². The van der Waals surface area contributed by atoms with E-state index in [0.717, 1.165) is 38.3 Å². The topological polar surface area (TPSA) is 78.5 Å². The van der Waals surface area contributed by atoms with Gasteiger partial charge in [0.1, 0.15) is 5.82 Å². The van der Waals surface area contributed by atoms with Gasteiger partial charge in [-0.1, -0.05) is 0 Å². The van der Waals surface area contributed by atoms with Crippen molar-refractivity contribution in [3.63, 3.8) is 0 Å². The summed E-state index contributed by atoms with van der Waals surface area (Å²) >= 11 is 0. The zero-order chi connectivity index (χ0) is 17.3. The summed E-state index contributed by atoms with van der Waals surface area (Å²) in [5.41, 5.74) is 0.317. The Hall–Kier alpha value is -1.67. The molecule has 0 atom stereocenters. The van der Waals surface area contributed by atoms with E-state index in [0.29, 0.717) is 6.04 Å². The molecule has 1 aromatic rings. The smallest absolute Gasteiger partial charge is 0.229 e. The van der Waals surface area contributed by atoms with Gasteiger partial charge in [0.15, 0.2) is 0 Å². The van der Waals surface area contributed by atoms with Gasteiger partial charge in [-0.2, -0.15) is 0 Å². The lowest BCUT2D eigenvalue weighted by molar-refractivity contribution is -0.121. The van der Waals surface area contributed by atoms with Crippen LogP contribution in [0.2, 0.25) is 0 Å². The van der Waals surface area contributed by atoms with Crippen LogP contribution in [0.25, 0.3) is 0 Å². The predicted octanol–water partition coefficient (Wildman–Crippen LogP) is 2.01. The minimum atomic E-state index is -3.56. The minimum Gasteiger partial charge on any atom is -0.324 e. The standard InChI is InChI=1S/C16H22FN3O3S/c1-24(22,23)19-15-10-12(17)2-5-14(15)18-16(21)11-6-8-20(9-7-11)13-3-4-13/h2,5,10-11,13,19H,3-4,6-9H2,1H3,(H,18,21). The molecule has 0 unspecified atom stereocenters. The number of hydrogen-bond donors (Lipinski definition) is 2. The van der Waals surface area contributed by atoms with Crippen LogP contribution in [0.3, 0.4) is 0 Å². The molecule has 3 rings (SSSR count). The molecule has 1 saturated carbocycles. The third-order valence-electron chi connectivity index (χ3n) is 4.50. The van der Waals surface area contributed by atoms with Crippen molar-refractivity contribution in [1.82, 2.24) is 4.90 Å². The van der Waals surface area contributed by atoms with E-state index in [4.69, 9.17) is 0 Å². The maximum Gasteiger partial charge on any atom is 0.229 e. The lowest BCUT2D eigenvalue weighted by Crippen LogP contribution is -2.39. The molecule has 0 bridgehead atoms. The Morgan fingerprint density at radius 2 is 1.83 bits per heavy atom. The Kier molecular flexibility index (Phi) is 4.78. The zero-order valence-corrected chi connectivity index (χ0v) is 14.4. The van der Waals surface area contributed by atoms with Crippen molar-refractivity contribution in [1.29, 1.82) is 0 Å². The molecule has 0 radical (unpaired) electrons. The molecule has 2 N–H and O–H groups in total. The van der Waals surface area contributed by atoms with Crippen molar-refractivity contribution >= 4 is 27.3 Å². The first kappa shape index (κ1) is 17.2. The number of anilines is 2. The second kappa shape index (κ2) is 6.68. The summed E-state index contributed by atoms with van der Waals surface area (Å²) in [6.07, 6.45) is 5.08. The van der Waals surface area contributed by atoms with Crippen LogP contribution in [0.15, 0.2) is 18.2 Å². The molecule has 132 valence electrons. The van der Waals surface area contributed by atoms with E-state index in [1.54, 1.807) is 0 Å². The Labute approximate surface area is 141 Å². The number of amides is 1. The van der Waals surface area contributed by atoms with Crippen LogP contribution < -0.4 is 10.0 Å². The van der Waals surface area contributed by atoms with Crippen LogP contribution in [0, 0.1) is 11.7 Å². The van der Waals surface area contributed by atoms with Gasteiger partial charge in [0.2, 0.25) is 15.9 Å². The summed E-state index contributed by atoms with van der Waals surface area (Å²) in [5.74, 6) is -0.818. The predicted molar refractivity (Wildman–Crippen MR) is 90.8 cm³/mol. The Balaban J connectivity index is 1.65. The van der Waals surface area contributed by atoms with E-state index in [-0.39, 0.29) is 23.2 Å². The molecule has 1 aliphatic heterocycles. The van der Waals surface area contributed by atoms with Crippen molar-refractivity contribution in [3.8, 4) is 0 Å². The first-order chi connectivity index (χ1) is 11.3. The summed E-state index contributed by atoms with van der Waals surface area (Å²) in [5, 5.41) is 2.74. The lowest BCUT2D eigenvalue weighted by Gasteiger charge is -2.31. The number of rotatable bonds is 5. The number of halogens is 1. The Bertz CT molecular complexity index is 726. The highest BCUT2D eigenvalue weighted by Crippen LogP contribution is 2.31. The maximum absolute atomic E-state index is 13.4. The summed E-state index contributed by atoms with van der Waals surface area (Å²) in [6.45, 7) is 1.83. The number of piperidine rings is 1. The van der Waals surface area contributed by atoms with Gasteiger partial charge in [0.25, 0.3) is 0 Å². The van der Waals surface area contributed by atoms with Crippen LogP contribution in [0.1, 0.15) is 25.7 Å². The van der Waals surface area contributed by atoms with Gasteiger partial charge in [-0.15, -0.1) is 0 Å². The number of benzene rings is 1. The highest BCUT2D eigenvalue weighted by molar-refractivity contribution is 7.92. The van der Waals surface area contributed by atoms with Gasteiger partial charge < -0.3 is 10.2 Å². The van der Waals surface area contributed by atoms with E-state index >= 15 is 0 Å². The number of sulfonamides is 1. The van der Waals surface area contributed by atoms with Gasteiger partial charge in [0, 0.05) is 18.0 Å². The number of likely N-dealkylation sites (tertiary alicyclic amines) is 1. The van der Waals surface area contributed by atoms with E-state index in [1.807, 2.05) is 0 Å². The highest BCUT2D eigenvalue weighted by Gasteiger charge is 2.33. The summed E-state index contributed by atoms with van der Waals surface area (Å²) in [4.78, 5) is 14.9. The molecule has 2 aliphatic rings. The summed E-state index contributed by atoms with van der Waals surface area (Å²) in [7, 11) is -3.56. The maximum atomic E-state index is 13.4. The van der Waals surface area contributed by atoms with Crippen LogP contribution in [0.4, 0.5) is 15.8 Å². The van der Waals surface area contributed by atoms with Crippen LogP contribution in [-0.4, -0.2) is 44.6 Å². The average molecular weight is 355 g/mol. The van der Waals surface area contributed by atoms with Gasteiger partial charge in [0.05, 0.1) is 17.6 Å². The molecule has 1 aliphatic carbocycles. The summed E-state index contributed by atoms with van der Waals surface area (Å²) in [6, 6.07) is 4.34. The Morgan fingerprint density at radius 1 is 1.17 bits per heavy atom. The van der Waals surface area contributed by atoms with Gasteiger partial charge in [-0.05, 0) is 50.9 Å². The first-order valence-electron chi connectivity index (χ1n) is 8.14. The van der Waals surface area contributed by atoms with Gasteiger partial charge in [-0.25, -0.2) is 12.8 Å². The second-order valence-corrected chi connectivity index (χ2v) is 8.34. The zero-order valence-electron chi connectivity index (χ0n) is 13.6. The molecule has 24 heavy (non-hydrogen) atoms. The normalized spacial score (nSPS) is 19.9. The number of carbonyl (C=O) groups is 1. The fraction of sp³-hybridized carbons (Fsp3) is 0.562. The first-order valence-corrected chi connectivity index (χ1v) is 10.0. The highest BCUT2D eigenvalue weighted by atomic mass is 32.2. The van der Waals surface area contributed by atoms with Gasteiger partial charge >= 0.3 is 0 Å². The van der Waals surface area contributed by atoms with Crippen LogP contribution >= 0.6 is 0 Å². The fourth-order valence-corrected chi connectivity index (χ4v) is 3.68. The van der Waals surface area contributed by atoms with Crippen LogP contribution in [-0.2, 0) is 14.8 Å². The van der Waals surface area contributed by atoms with E-state index in [2.05, 4.69) is 14.9 Å². The molecule has 0 aromatic heterocycles. The SMILES string of the molecule is CS(=O)(=O)Nc1cc(F)ccc1NC(=O)C1CCN(C2CC2)CC1. The molecule has 8 heteroatoms. The van der Waals surface area contributed by atoms with E-state index < -0.39 is 15.8 Å². The Morgan fingerprint density at radius 3 is 2.42 bits per heavy atom. The molecule has 1 saturated heterocycles. The number of hydrogen-bond acceptors (Lipinski definition) is 4. The van der Waals surface area contributed by atoms with Gasteiger partial charge in [-0.3, -0.25) is 9.52 Å². The fourth-order valence-electron chi connectivity index (χ4n) is 3.11. The third-order valence-corrected chi connectivity index (χ3v) is 5.09. The molecule has 1 aromatic carbocycles. The molecule has 0 spiro atoms. The quantitative estimate of drug-likeness (QED) is 0.847. The molecule has 1 heterocycles. The minimum absolute atomic E-state index is 0.0428. The third kappa shape index (κ3) is 4.45.